The van der Waals surface area contributed by atoms with Gasteiger partial charge >= 0.3 is 17.9 Å². The number of hydrogen-bond acceptors (Lipinski definition) is 6. The Bertz CT molecular complexity index is 1070. The third-order valence-corrected chi connectivity index (χ3v) is 15.1. The van der Waals surface area contributed by atoms with Crippen LogP contribution >= 0.6 is 0 Å². The average Bonchev–Trinajstić information content (AvgIpc) is 3.34. The smallest absolute Gasteiger partial charge is 0.306 e. The maximum Gasteiger partial charge on any atom is 0.306 e. The van der Waals surface area contributed by atoms with E-state index in [0.29, 0.717) is 19.3 Å². The molecule has 0 saturated heterocycles. The highest BCUT2D eigenvalue weighted by Crippen LogP contribution is 2.20. The van der Waals surface area contributed by atoms with Crippen LogP contribution in [0, 0.1) is 17.8 Å². The molecule has 0 saturated carbocycles. The molecule has 0 aliphatic rings. The largest absolute Gasteiger partial charge is 0.462 e. The molecule has 6 heteroatoms. The molecule has 0 spiro atoms. The van der Waals surface area contributed by atoms with Crippen LogP contribution in [0.25, 0.3) is 0 Å². The first-order chi connectivity index (χ1) is 33.7. The van der Waals surface area contributed by atoms with Crippen LogP contribution in [0.2, 0.25) is 0 Å². The minimum atomic E-state index is -0.764. The van der Waals surface area contributed by atoms with Crippen molar-refractivity contribution in [2.75, 3.05) is 13.2 Å². The van der Waals surface area contributed by atoms with Gasteiger partial charge in [-0.2, -0.15) is 0 Å². The van der Waals surface area contributed by atoms with Gasteiger partial charge in [0.2, 0.25) is 0 Å². The molecular weight excluding hydrogens is 853 g/mol. The molecule has 0 aromatic rings. The summed E-state index contributed by atoms with van der Waals surface area (Å²) in [5.41, 5.74) is 0. The predicted molar refractivity (Wildman–Crippen MR) is 298 cm³/mol. The van der Waals surface area contributed by atoms with Crippen molar-refractivity contribution in [1.82, 2.24) is 0 Å². The second-order valence-corrected chi connectivity index (χ2v) is 22.7. The first-order valence-electron chi connectivity index (χ1n) is 31.2. The van der Waals surface area contributed by atoms with Crippen molar-refractivity contribution >= 4 is 17.9 Å². The number of carbonyl (C=O) groups is 3. The Morgan fingerprint density at radius 1 is 0.290 bits per heavy atom. The molecule has 3 atom stereocenters. The summed E-state index contributed by atoms with van der Waals surface area (Å²) in [6, 6.07) is 0. The van der Waals surface area contributed by atoms with Crippen molar-refractivity contribution < 1.29 is 28.6 Å². The molecule has 0 fully saturated rings. The van der Waals surface area contributed by atoms with E-state index in [1.807, 2.05) is 0 Å². The van der Waals surface area contributed by atoms with Gasteiger partial charge in [-0.05, 0) is 37.0 Å². The lowest BCUT2D eigenvalue weighted by molar-refractivity contribution is -0.167. The zero-order valence-corrected chi connectivity index (χ0v) is 47.6. The average molecular weight is 976 g/mol. The fourth-order valence-electron chi connectivity index (χ4n) is 9.64. The SMILES string of the molecule is CCC(C)CCCCCCCCCCCCCCCCC(=O)OC[C@@H](COC(=O)CCCCCCCCCCCCC(C)CC)OC(=O)CCCCCCCCCCCCCCCCCCC(C)C. The van der Waals surface area contributed by atoms with E-state index in [4.69, 9.17) is 14.2 Å². The molecule has 0 aliphatic heterocycles. The lowest BCUT2D eigenvalue weighted by Crippen LogP contribution is -2.30. The standard InChI is InChI=1S/C63H122O6/c1-7-58(5)50-44-38-32-26-20-16-13-14-17-21-28-34-40-46-52-61(64)67-55-60(56-68-62(65)53-47-41-35-29-24-23-27-33-39-45-51-59(6)8-2)69-63(66)54-48-42-36-30-22-18-12-10-9-11-15-19-25-31-37-43-49-57(3)4/h57-60H,7-56H2,1-6H3/t58?,59?,60-/m0/s1. The van der Waals surface area contributed by atoms with Crippen molar-refractivity contribution in [2.24, 2.45) is 17.8 Å². The molecule has 69 heavy (non-hydrogen) atoms. The number of esters is 3. The van der Waals surface area contributed by atoms with Crippen molar-refractivity contribution in [2.45, 2.75) is 356 Å². The van der Waals surface area contributed by atoms with Gasteiger partial charge in [0.15, 0.2) is 6.10 Å². The highest BCUT2D eigenvalue weighted by molar-refractivity contribution is 5.71. The van der Waals surface area contributed by atoms with Crippen molar-refractivity contribution in [3.63, 3.8) is 0 Å². The summed E-state index contributed by atoms with van der Waals surface area (Å²) in [4.78, 5) is 38.3. The third kappa shape index (κ3) is 54.0. The van der Waals surface area contributed by atoms with Crippen LogP contribution in [0.4, 0.5) is 0 Å². The van der Waals surface area contributed by atoms with E-state index >= 15 is 0 Å². The molecule has 410 valence electrons. The molecule has 0 radical (unpaired) electrons. The Kier molecular flexibility index (Phi) is 52.9. The van der Waals surface area contributed by atoms with Gasteiger partial charge in [0.25, 0.3) is 0 Å². The molecule has 0 aliphatic carbocycles. The first-order valence-corrected chi connectivity index (χ1v) is 31.2. The van der Waals surface area contributed by atoms with Gasteiger partial charge in [-0.3, -0.25) is 14.4 Å². The van der Waals surface area contributed by atoms with Gasteiger partial charge in [0, 0.05) is 19.3 Å². The van der Waals surface area contributed by atoms with E-state index in [9.17, 15) is 14.4 Å². The highest BCUT2D eigenvalue weighted by Gasteiger charge is 2.19. The maximum atomic E-state index is 12.9. The van der Waals surface area contributed by atoms with Gasteiger partial charge in [0.05, 0.1) is 0 Å². The third-order valence-electron chi connectivity index (χ3n) is 15.1. The van der Waals surface area contributed by atoms with Gasteiger partial charge in [-0.1, -0.05) is 311 Å². The van der Waals surface area contributed by atoms with E-state index in [2.05, 4.69) is 41.5 Å². The summed E-state index contributed by atoms with van der Waals surface area (Å²) in [5, 5.41) is 0. The Labute approximate surface area is 431 Å². The van der Waals surface area contributed by atoms with Crippen molar-refractivity contribution in [3.8, 4) is 0 Å². The monoisotopic (exact) mass is 975 g/mol. The molecule has 0 N–H and O–H groups in total. The lowest BCUT2D eigenvalue weighted by Gasteiger charge is -2.18. The van der Waals surface area contributed by atoms with E-state index in [0.717, 1.165) is 75.5 Å². The predicted octanol–water partition coefficient (Wildman–Crippen LogP) is 20.7. The summed E-state index contributed by atoms with van der Waals surface area (Å²) >= 11 is 0. The normalized spacial score (nSPS) is 12.9. The van der Waals surface area contributed by atoms with Crippen molar-refractivity contribution in [1.29, 1.82) is 0 Å². The number of unbranched alkanes of at least 4 members (excludes halogenated alkanes) is 37. The Morgan fingerprint density at radius 3 is 0.754 bits per heavy atom. The van der Waals surface area contributed by atoms with Crippen LogP contribution in [-0.4, -0.2) is 37.2 Å². The molecule has 0 bridgehead atoms. The van der Waals surface area contributed by atoms with Crippen LogP contribution in [-0.2, 0) is 28.6 Å². The summed E-state index contributed by atoms with van der Waals surface area (Å²) in [7, 11) is 0. The van der Waals surface area contributed by atoms with E-state index < -0.39 is 6.10 Å². The molecule has 0 rings (SSSR count). The van der Waals surface area contributed by atoms with Crippen LogP contribution in [0.15, 0.2) is 0 Å². The van der Waals surface area contributed by atoms with E-state index in [1.165, 1.54) is 231 Å². The van der Waals surface area contributed by atoms with Gasteiger partial charge < -0.3 is 14.2 Å². The summed E-state index contributed by atoms with van der Waals surface area (Å²) in [5.74, 6) is 1.78. The number of hydrogen-bond donors (Lipinski definition) is 0. The summed E-state index contributed by atoms with van der Waals surface area (Å²) in [6.07, 6.45) is 58.0. The van der Waals surface area contributed by atoms with Crippen LogP contribution in [0.5, 0.6) is 0 Å². The van der Waals surface area contributed by atoms with Gasteiger partial charge in [-0.25, -0.2) is 0 Å². The van der Waals surface area contributed by atoms with E-state index in [1.54, 1.807) is 0 Å². The zero-order chi connectivity index (χ0) is 50.5. The molecule has 2 unspecified atom stereocenters. The van der Waals surface area contributed by atoms with Crippen LogP contribution < -0.4 is 0 Å². The molecule has 0 aromatic heterocycles. The fourth-order valence-corrected chi connectivity index (χ4v) is 9.64. The van der Waals surface area contributed by atoms with Crippen molar-refractivity contribution in [3.05, 3.63) is 0 Å². The van der Waals surface area contributed by atoms with Gasteiger partial charge in [-0.15, -0.1) is 0 Å². The topological polar surface area (TPSA) is 78.9 Å². The summed E-state index contributed by atoms with van der Waals surface area (Å²) in [6.45, 7) is 13.9. The number of ether oxygens (including phenoxy) is 3. The minimum Gasteiger partial charge on any atom is -0.462 e. The quantitative estimate of drug-likeness (QED) is 0.0343. The first kappa shape index (κ1) is 67.4. The fraction of sp³-hybridized carbons (Fsp3) is 0.952. The lowest BCUT2D eigenvalue weighted by atomic mass is 9.99. The Morgan fingerprint density at radius 2 is 0.507 bits per heavy atom. The molecule has 0 heterocycles. The molecular formula is C63H122O6. The van der Waals surface area contributed by atoms with Crippen LogP contribution in [0.1, 0.15) is 350 Å². The number of rotatable bonds is 56. The molecule has 0 amide bonds. The Balaban J connectivity index is 4.30. The maximum absolute atomic E-state index is 12.9. The summed E-state index contributed by atoms with van der Waals surface area (Å²) < 4.78 is 16.9. The van der Waals surface area contributed by atoms with Gasteiger partial charge in [0.1, 0.15) is 13.2 Å². The minimum absolute atomic E-state index is 0.0630. The second-order valence-electron chi connectivity index (χ2n) is 22.7. The molecule has 6 nitrogen and oxygen atoms in total. The second kappa shape index (κ2) is 54.2. The highest BCUT2D eigenvalue weighted by atomic mass is 16.6. The zero-order valence-electron chi connectivity index (χ0n) is 47.6. The molecule has 0 aromatic carbocycles. The number of carbonyl (C=O) groups excluding carboxylic acids is 3. The van der Waals surface area contributed by atoms with E-state index in [-0.39, 0.29) is 31.1 Å². The van der Waals surface area contributed by atoms with Crippen LogP contribution in [0.3, 0.4) is 0 Å². The Hall–Kier alpha value is -1.59.